The monoisotopic (exact) mass is 490 g/mol. The molecule has 1 atom stereocenters. The van der Waals surface area contributed by atoms with Crippen molar-refractivity contribution in [3.05, 3.63) is 100 Å². The summed E-state index contributed by atoms with van der Waals surface area (Å²) >= 11 is 3.47. The van der Waals surface area contributed by atoms with Crippen molar-refractivity contribution >= 4 is 27.5 Å². The fourth-order valence-corrected chi connectivity index (χ4v) is 3.10. The van der Waals surface area contributed by atoms with Crippen LogP contribution < -0.4 is 9.47 Å². The molecule has 162 valence electrons. The molecule has 32 heavy (non-hydrogen) atoms. The van der Waals surface area contributed by atoms with E-state index >= 15 is 0 Å². The maximum Gasteiger partial charge on any atom is 0.344 e. The number of allylic oxidation sites excluding steroid dienone is 1. The Bertz CT molecular complexity index is 1160. The molecule has 0 aliphatic carbocycles. The fraction of sp³-hybridized carbons (Fsp3) is 0.148. The first-order valence-corrected chi connectivity index (χ1v) is 10.9. The number of aliphatic carboxylic acids is 1. The second-order valence-electron chi connectivity index (χ2n) is 7.08. The van der Waals surface area contributed by atoms with E-state index in [4.69, 9.17) is 14.6 Å². The van der Waals surface area contributed by atoms with Crippen LogP contribution in [0.4, 0.5) is 0 Å². The topological polar surface area (TPSA) is 55.8 Å². The number of hydrogen-bond donors (Lipinski definition) is 1. The van der Waals surface area contributed by atoms with E-state index in [0.29, 0.717) is 18.1 Å². The molecule has 0 spiro atoms. The number of aryl methyl sites for hydroxylation is 1. The number of carbonyl (C=O) groups is 1. The van der Waals surface area contributed by atoms with Gasteiger partial charge in [0.25, 0.3) is 0 Å². The van der Waals surface area contributed by atoms with Gasteiger partial charge in [0.2, 0.25) is 0 Å². The molecule has 1 unspecified atom stereocenters. The van der Waals surface area contributed by atoms with E-state index in [1.165, 1.54) is 6.92 Å². The molecule has 0 fully saturated rings. The number of benzene rings is 3. The minimum Gasteiger partial charge on any atom is -0.489 e. The van der Waals surface area contributed by atoms with E-state index in [1.54, 1.807) is 12.1 Å². The molecule has 0 radical (unpaired) electrons. The first-order chi connectivity index (χ1) is 15.4. The highest BCUT2D eigenvalue weighted by Gasteiger charge is 2.14. The van der Waals surface area contributed by atoms with Crippen LogP contribution in [0.3, 0.4) is 0 Å². The van der Waals surface area contributed by atoms with Gasteiger partial charge in [-0.1, -0.05) is 58.1 Å². The number of ether oxygens (including phenoxy) is 2. The SMILES string of the molecule is Cc1cc(OCC=C(C#Cc2ccccc2)c2ccc(Br)cc2)ccc1OC(C)C(=O)O. The number of halogens is 1. The van der Waals surface area contributed by atoms with Gasteiger partial charge in [-0.25, -0.2) is 4.79 Å². The van der Waals surface area contributed by atoms with Crippen molar-refractivity contribution < 1.29 is 19.4 Å². The Balaban J connectivity index is 1.75. The molecule has 0 aromatic heterocycles. The van der Waals surface area contributed by atoms with Crippen molar-refractivity contribution in [3.8, 4) is 23.3 Å². The number of rotatable bonds is 7. The van der Waals surface area contributed by atoms with Crippen LogP contribution in [-0.4, -0.2) is 23.8 Å². The molecule has 0 aliphatic rings. The van der Waals surface area contributed by atoms with Gasteiger partial charge in [-0.15, -0.1) is 0 Å². The standard InChI is InChI=1S/C27H23BrO4/c1-19-18-25(14-15-26(19)32-20(2)27(29)30)31-17-16-23(22-10-12-24(28)13-11-22)9-8-21-6-4-3-5-7-21/h3-7,10-16,18,20H,17H2,1-2H3,(H,29,30). The first kappa shape index (κ1) is 23.2. The van der Waals surface area contributed by atoms with Crippen molar-refractivity contribution in [1.29, 1.82) is 0 Å². The molecule has 0 heterocycles. The van der Waals surface area contributed by atoms with Gasteiger partial charge in [-0.3, -0.25) is 0 Å². The van der Waals surface area contributed by atoms with Crippen molar-refractivity contribution in [1.82, 2.24) is 0 Å². The normalized spacial score (nSPS) is 11.8. The van der Waals surface area contributed by atoms with Gasteiger partial charge in [0.15, 0.2) is 6.10 Å². The predicted octanol–water partition coefficient (Wildman–Crippen LogP) is 6.12. The Hall–Kier alpha value is -3.49. The van der Waals surface area contributed by atoms with Crippen molar-refractivity contribution in [2.75, 3.05) is 6.61 Å². The lowest BCUT2D eigenvalue weighted by molar-refractivity contribution is -0.144. The molecule has 4 nitrogen and oxygen atoms in total. The summed E-state index contributed by atoms with van der Waals surface area (Å²) in [7, 11) is 0. The van der Waals surface area contributed by atoms with E-state index < -0.39 is 12.1 Å². The van der Waals surface area contributed by atoms with Crippen LogP contribution in [0.2, 0.25) is 0 Å². The third-order valence-electron chi connectivity index (χ3n) is 4.61. The number of hydrogen-bond acceptors (Lipinski definition) is 3. The second-order valence-corrected chi connectivity index (χ2v) is 7.99. The average Bonchev–Trinajstić information content (AvgIpc) is 2.79. The van der Waals surface area contributed by atoms with Crippen molar-refractivity contribution in [3.63, 3.8) is 0 Å². The van der Waals surface area contributed by atoms with E-state index in [1.807, 2.05) is 73.7 Å². The van der Waals surface area contributed by atoms with Crippen LogP contribution in [0.5, 0.6) is 11.5 Å². The highest BCUT2D eigenvalue weighted by Crippen LogP contribution is 2.25. The highest BCUT2D eigenvalue weighted by molar-refractivity contribution is 9.10. The zero-order chi connectivity index (χ0) is 22.9. The third-order valence-corrected chi connectivity index (χ3v) is 5.13. The maximum absolute atomic E-state index is 11.0. The van der Waals surface area contributed by atoms with Crippen LogP contribution in [-0.2, 0) is 4.79 Å². The van der Waals surface area contributed by atoms with E-state index in [2.05, 4.69) is 27.8 Å². The van der Waals surface area contributed by atoms with Gasteiger partial charge in [0.1, 0.15) is 18.1 Å². The molecular weight excluding hydrogens is 468 g/mol. The smallest absolute Gasteiger partial charge is 0.344 e. The highest BCUT2D eigenvalue weighted by atomic mass is 79.9. The zero-order valence-corrected chi connectivity index (χ0v) is 19.4. The Morgan fingerprint density at radius 1 is 1.09 bits per heavy atom. The summed E-state index contributed by atoms with van der Waals surface area (Å²) in [6, 6.07) is 23.1. The Kier molecular flexibility index (Phi) is 8.13. The van der Waals surface area contributed by atoms with Gasteiger partial charge in [0, 0.05) is 15.6 Å². The van der Waals surface area contributed by atoms with Crippen LogP contribution in [0.1, 0.15) is 23.6 Å². The lowest BCUT2D eigenvalue weighted by Gasteiger charge is -2.14. The number of carboxylic acid groups (broad SMARTS) is 1. The molecule has 0 saturated carbocycles. The van der Waals surface area contributed by atoms with Crippen LogP contribution >= 0.6 is 15.9 Å². The Labute approximate surface area is 196 Å². The van der Waals surface area contributed by atoms with Gasteiger partial charge >= 0.3 is 5.97 Å². The average molecular weight is 491 g/mol. The maximum atomic E-state index is 11.0. The molecule has 5 heteroatoms. The fourth-order valence-electron chi connectivity index (χ4n) is 2.84. The summed E-state index contributed by atoms with van der Waals surface area (Å²) in [5.74, 6) is 6.63. The predicted molar refractivity (Wildman–Crippen MR) is 130 cm³/mol. The minimum absolute atomic E-state index is 0.333. The molecule has 3 aromatic carbocycles. The summed E-state index contributed by atoms with van der Waals surface area (Å²) in [6.07, 6.45) is 1.03. The summed E-state index contributed by atoms with van der Waals surface area (Å²) in [4.78, 5) is 11.0. The third kappa shape index (κ3) is 6.76. The van der Waals surface area contributed by atoms with Gasteiger partial charge < -0.3 is 14.6 Å². The Morgan fingerprint density at radius 2 is 1.81 bits per heavy atom. The molecule has 3 aromatic rings. The summed E-state index contributed by atoms with van der Waals surface area (Å²) in [6.45, 7) is 3.68. The van der Waals surface area contributed by atoms with Crippen molar-refractivity contribution in [2.45, 2.75) is 20.0 Å². The van der Waals surface area contributed by atoms with Crippen LogP contribution in [0, 0.1) is 18.8 Å². The Morgan fingerprint density at radius 3 is 2.47 bits per heavy atom. The summed E-state index contributed by atoms with van der Waals surface area (Å²) in [5.41, 5.74) is 3.62. The van der Waals surface area contributed by atoms with E-state index in [0.717, 1.165) is 26.7 Å². The van der Waals surface area contributed by atoms with Gasteiger partial charge in [-0.2, -0.15) is 0 Å². The molecule has 0 bridgehead atoms. The molecule has 0 aliphatic heterocycles. The van der Waals surface area contributed by atoms with Crippen molar-refractivity contribution in [2.24, 2.45) is 0 Å². The molecule has 0 saturated heterocycles. The van der Waals surface area contributed by atoms with E-state index in [-0.39, 0.29) is 0 Å². The van der Waals surface area contributed by atoms with Gasteiger partial charge in [0.05, 0.1) is 0 Å². The molecular formula is C27H23BrO4. The zero-order valence-electron chi connectivity index (χ0n) is 17.8. The van der Waals surface area contributed by atoms with E-state index in [9.17, 15) is 4.79 Å². The van der Waals surface area contributed by atoms with Crippen LogP contribution in [0.25, 0.3) is 5.57 Å². The van der Waals surface area contributed by atoms with Crippen LogP contribution in [0.15, 0.2) is 83.3 Å². The van der Waals surface area contributed by atoms with Gasteiger partial charge in [-0.05, 0) is 73.5 Å². The lowest BCUT2D eigenvalue weighted by Crippen LogP contribution is -2.23. The molecule has 3 rings (SSSR count). The molecule has 1 N–H and O–H groups in total. The molecule has 0 amide bonds. The largest absolute Gasteiger partial charge is 0.489 e. The summed E-state index contributed by atoms with van der Waals surface area (Å²) < 4.78 is 12.4. The summed E-state index contributed by atoms with van der Waals surface area (Å²) in [5, 5.41) is 9.01. The number of carboxylic acids is 1. The first-order valence-electron chi connectivity index (χ1n) is 10.1. The lowest BCUT2D eigenvalue weighted by atomic mass is 10.1. The second kappa shape index (κ2) is 11.2. The quantitative estimate of drug-likeness (QED) is 0.405. The minimum atomic E-state index is -1.01.